The third-order valence-corrected chi connectivity index (χ3v) is 9.21. The van der Waals surface area contributed by atoms with Crippen LogP contribution in [-0.4, -0.2) is 30.1 Å². The van der Waals surface area contributed by atoms with Gasteiger partial charge in [-0.15, -0.1) is 0 Å². The summed E-state index contributed by atoms with van der Waals surface area (Å²) in [7, 11) is 0. The average molecular weight is 413 g/mol. The van der Waals surface area contributed by atoms with E-state index in [1.54, 1.807) is 0 Å². The molecule has 4 nitrogen and oxygen atoms in total. The van der Waals surface area contributed by atoms with Crippen LogP contribution in [0.4, 0.5) is 8.78 Å². The van der Waals surface area contributed by atoms with Crippen molar-refractivity contribution < 1.29 is 27.8 Å². The Morgan fingerprint density at radius 2 is 1.59 bits per heavy atom. The van der Waals surface area contributed by atoms with Crippen LogP contribution in [0.5, 0.6) is 0 Å². The largest absolute Gasteiger partial charge is 0.462 e. The van der Waals surface area contributed by atoms with Gasteiger partial charge in [0.25, 0.3) is 5.85 Å². The molecular weight excluding hydrogens is 378 g/mol. The van der Waals surface area contributed by atoms with E-state index in [1.165, 1.54) is 6.92 Å². The van der Waals surface area contributed by atoms with Crippen molar-refractivity contribution >= 4 is 11.9 Å². The Balaban J connectivity index is 1.56. The molecule has 0 bridgehead atoms. The quantitative estimate of drug-likeness (QED) is 0.590. The lowest BCUT2D eigenvalue weighted by atomic mass is 9.44. The van der Waals surface area contributed by atoms with E-state index in [0.717, 1.165) is 45.4 Å². The Kier molecular flexibility index (Phi) is 5.02. The van der Waals surface area contributed by atoms with Crippen molar-refractivity contribution in [2.24, 2.45) is 34.5 Å². The molecular formula is C23H34F2O4. The summed E-state index contributed by atoms with van der Waals surface area (Å²) >= 11 is 0. The minimum absolute atomic E-state index is 0.0125. The lowest BCUT2D eigenvalue weighted by Gasteiger charge is -2.61. The molecule has 0 spiro atoms. The molecule has 6 heteroatoms. The highest BCUT2D eigenvalue weighted by Gasteiger charge is 2.65. The summed E-state index contributed by atoms with van der Waals surface area (Å²) in [4.78, 5) is 22.9. The van der Waals surface area contributed by atoms with E-state index in [9.17, 15) is 9.59 Å². The summed E-state index contributed by atoms with van der Waals surface area (Å²) in [6, 6.07) is 0. The number of carbonyl (C=O) groups is 2. The molecule has 4 aliphatic carbocycles. The molecule has 164 valence electrons. The van der Waals surface area contributed by atoms with E-state index >= 15 is 8.78 Å². The predicted molar refractivity (Wildman–Crippen MR) is 103 cm³/mol. The standard InChI is InChI=1S/C23H34F2O4/c1-13(26)28-20-8-7-17-16-6-5-15-11-23(25,29-14(2)27)19(24)12-22(15,4)18(16)9-10-21(17,20)3/h15-20H,5-12H2,1-4H3/t15-,16-,17-,18-,19?,20?,21-,22-,23+/m0/s1. The van der Waals surface area contributed by atoms with Gasteiger partial charge in [-0.2, -0.15) is 4.39 Å². The fraction of sp³-hybridized carbons (Fsp3) is 0.913. The van der Waals surface area contributed by atoms with E-state index in [1.807, 2.05) is 0 Å². The first-order valence-corrected chi connectivity index (χ1v) is 11.2. The second-order valence-corrected chi connectivity index (χ2v) is 10.6. The van der Waals surface area contributed by atoms with Crippen molar-refractivity contribution in [2.45, 2.75) is 97.2 Å². The number of hydrogen-bond acceptors (Lipinski definition) is 4. The second-order valence-electron chi connectivity index (χ2n) is 10.6. The van der Waals surface area contributed by atoms with E-state index in [2.05, 4.69) is 13.8 Å². The summed E-state index contributed by atoms with van der Waals surface area (Å²) in [6.45, 7) is 7.01. The van der Waals surface area contributed by atoms with Crippen molar-refractivity contribution in [2.75, 3.05) is 0 Å². The molecule has 0 aromatic carbocycles. The molecule has 0 aromatic rings. The van der Waals surface area contributed by atoms with Crippen LogP contribution in [0.25, 0.3) is 0 Å². The number of alkyl halides is 2. The summed E-state index contributed by atoms with van der Waals surface area (Å²) in [5.74, 6) is -2.17. The van der Waals surface area contributed by atoms with Gasteiger partial charge in [0.1, 0.15) is 6.10 Å². The Morgan fingerprint density at radius 3 is 2.24 bits per heavy atom. The van der Waals surface area contributed by atoms with Crippen LogP contribution in [-0.2, 0) is 19.1 Å². The topological polar surface area (TPSA) is 52.6 Å². The van der Waals surface area contributed by atoms with Gasteiger partial charge in [0.05, 0.1) is 0 Å². The maximum Gasteiger partial charge on any atom is 0.305 e. The van der Waals surface area contributed by atoms with Crippen LogP contribution in [0, 0.1) is 34.5 Å². The Morgan fingerprint density at radius 1 is 0.897 bits per heavy atom. The van der Waals surface area contributed by atoms with Crippen LogP contribution >= 0.6 is 0 Å². The van der Waals surface area contributed by atoms with E-state index in [0.29, 0.717) is 17.8 Å². The minimum atomic E-state index is -2.49. The van der Waals surface area contributed by atoms with E-state index in [4.69, 9.17) is 9.47 Å². The van der Waals surface area contributed by atoms with Crippen molar-refractivity contribution in [3.63, 3.8) is 0 Å². The number of esters is 2. The molecule has 0 aliphatic heterocycles. The first kappa shape index (κ1) is 21.0. The average Bonchev–Trinajstić information content (AvgIpc) is 2.92. The Bertz CT molecular complexity index is 698. The van der Waals surface area contributed by atoms with Crippen LogP contribution in [0.15, 0.2) is 0 Å². The third kappa shape index (κ3) is 3.20. The molecule has 2 unspecified atom stereocenters. The van der Waals surface area contributed by atoms with Crippen LogP contribution < -0.4 is 0 Å². The van der Waals surface area contributed by atoms with Gasteiger partial charge in [-0.05, 0) is 74.0 Å². The zero-order chi connectivity index (χ0) is 21.2. The van der Waals surface area contributed by atoms with Gasteiger partial charge in [0.15, 0.2) is 6.17 Å². The summed E-state index contributed by atoms with van der Waals surface area (Å²) in [5.41, 5.74) is -0.291. The molecule has 29 heavy (non-hydrogen) atoms. The number of ether oxygens (including phenoxy) is 2. The Hall–Kier alpha value is -1.20. The van der Waals surface area contributed by atoms with Gasteiger partial charge >= 0.3 is 11.9 Å². The Labute approximate surface area is 172 Å². The van der Waals surface area contributed by atoms with Crippen molar-refractivity contribution in [3.05, 3.63) is 0 Å². The molecule has 0 radical (unpaired) electrons. The van der Waals surface area contributed by atoms with Gasteiger partial charge in [0, 0.05) is 25.7 Å². The van der Waals surface area contributed by atoms with Gasteiger partial charge in [-0.1, -0.05) is 13.8 Å². The molecule has 4 saturated carbocycles. The summed E-state index contributed by atoms with van der Waals surface area (Å²) in [5, 5.41) is 0. The summed E-state index contributed by atoms with van der Waals surface area (Å²) < 4.78 is 40.7. The summed E-state index contributed by atoms with van der Waals surface area (Å²) in [6.07, 6.45) is 3.95. The molecule has 4 aliphatic rings. The first-order valence-electron chi connectivity index (χ1n) is 11.2. The van der Waals surface area contributed by atoms with E-state index in [-0.39, 0.29) is 41.7 Å². The fourth-order valence-corrected chi connectivity index (χ4v) is 7.88. The van der Waals surface area contributed by atoms with Crippen LogP contribution in [0.3, 0.4) is 0 Å². The molecule has 0 N–H and O–H groups in total. The van der Waals surface area contributed by atoms with E-state index < -0.39 is 18.0 Å². The molecule has 4 rings (SSSR count). The highest BCUT2D eigenvalue weighted by atomic mass is 19.2. The maximum absolute atomic E-state index is 15.2. The lowest BCUT2D eigenvalue weighted by molar-refractivity contribution is -0.245. The van der Waals surface area contributed by atoms with Gasteiger partial charge in [0.2, 0.25) is 0 Å². The molecule has 9 atom stereocenters. The van der Waals surface area contributed by atoms with Gasteiger partial charge < -0.3 is 9.47 Å². The zero-order valence-corrected chi connectivity index (χ0v) is 18.0. The minimum Gasteiger partial charge on any atom is -0.462 e. The number of carbonyl (C=O) groups excluding carboxylic acids is 2. The maximum atomic E-state index is 15.2. The van der Waals surface area contributed by atoms with Crippen molar-refractivity contribution in [1.82, 2.24) is 0 Å². The number of fused-ring (bicyclic) bond motifs is 5. The predicted octanol–water partition coefficient (Wildman–Crippen LogP) is 5.14. The lowest BCUT2D eigenvalue weighted by Crippen LogP contribution is -2.59. The van der Waals surface area contributed by atoms with Gasteiger partial charge in [-0.25, -0.2) is 4.39 Å². The SMILES string of the molecule is CC(=O)OC1CC[C@H]2[C@@H]3CC[C@H]4C[C@@](F)(OC(C)=O)C(F)C[C@]4(C)[C@H]3CC[C@]12C. The molecule has 0 aromatic heterocycles. The molecule has 0 amide bonds. The first-order chi connectivity index (χ1) is 13.5. The molecule has 4 fully saturated rings. The highest BCUT2D eigenvalue weighted by molar-refractivity contribution is 5.66. The van der Waals surface area contributed by atoms with Crippen molar-refractivity contribution in [3.8, 4) is 0 Å². The van der Waals surface area contributed by atoms with Crippen molar-refractivity contribution in [1.29, 1.82) is 0 Å². The number of rotatable bonds is 2. The second kappa shape index (κ2) is 6.91. The smallest absolute Gasteiger partial charge is 0.305 e. The monoisotopic (exact) mass is 412 g/mol. The normalized spacial score (nSPS) is 51.4. The fourth-order valence-electron chi connectivity index (χ4n) is 7.88. The van der Waals surface area contributed by atoms with Gasteiger partial charge in [-0.3, -0.25) is 9.59 Å². The van der Waals surface area contributed by atoms with Crippen LogP contribution in [0.2, 0.25) is 0 Å². The highest BCUT2D eigenvalue weighted by Crippen LogP contribution is 2.67. The molecule has 0 saturated heterocycles. The van der Waals surface area contributed by atoms with Crippen LogP contribution in [0.1, 0.15) is 79.1 Å². The number of halogens is 2. The third-order valence-electron chi connectivity index (χ3n) is 9.21. The zero-order valence-electron chi connectivity index (χ0n) is 18.0. The molecule has 0 heterocycles. The number of hydrogen-bond donors (Lipinski definition) is 0.